The number of nitrogens with one attached hydrogen (secondary N) is 1. The number of hydrogen-bond donors (Lipinski definition) is 1. The Hall–Kier alpha value is -2.76. The van der Waals surface area contributed by atoms with Crippen LogP contribution in [0.25, 0.3) is 0 Å². The highest BCUT2D eigenvalue weighted by molar-refractivity contribution is 6.03. The molecule has 1 atom stereocenters. The number of halogens is 2. The van der Waals surface area contributed by atoms with Crippen molar-refractivity contribution in [2.24, 2.45) is 5.92 Å². The van der Waals surface area contributed by atoms with Crippen LogP contribution in [0.4, 0.5) is 20.2 Å². The maximum atomic E-state index is 13.7. The second kappa shape index (κ2) is 7.23. The number of amides is 2. The lowest BCUT2D eigenvalue weighted by Gasteiger charge is -2.18. The van der Waals surface area contributed by atoms with E-state index in [1.807, 2.05) is 24.3 Å². The van der Waals surface area contributed by atoms with E-state index in [9.17, 15) is 18.4 Å². The largest absolute Gasteiger partial charge is 0.321 e. The molecular formula is C20H20F2N2O2. The molecule has 3 rings (SSSR count). The number of nitrogens with zero attached hydrogens (tertiary/aromatic N) is 1. The zero-order chi connectivity index (χ0) is 18.8. The predicted octanol–water partition coefficient (Wildman–Crippen LogP) is 4.08. The Balaban J connectivity index is 1.72. The first-order valence-corrected chi connectivity index (χ1v) is 8.52. The molecule has 1 saturated heterocycles. The molecule has 4 nitrogen and oxygen atoms in total. The van der Waals surface area contributed by atoms with Crippen molar-refractivity contribution in [1.82, 2.24) is 0 Å². The van der Waals surface area contributed by atoms with Gasteiger partial charge in [0, 0.05) is 18.7 Å². The summed E-state index contributed by atoms with van der Waals surface area (Å²) in [7, 11) is 0. The van der Waals surface area contributed by atoms with Crippen molar-refractivity contribution < 1.29 is 18.4 Å². The van der Waals surface area contributed by atoms with E-state index in [2.05, 4.69) is 19.2 Å². The number of carbonyl (C=O) groups is 2. The zero-order valence-electron chi connectivity index (χ0n) is 14.6. The van der Waals surface area contributed by atoms with Gasteiger partial charge in [-0.25, -0.2) is 8.78 Å². The molecule has 1 N–H and O–H groups in total. The molecule has 1 aliphatic rings. The Bertz CT molecular complexity index is 814. The van der Waals surface area contributed by atoms with E-state index in [0.29, 0.717) is 11.6 Å². The normalized spacial score (nSPS) is 17.0. The SMILES string of the molecule is CC(C)c1ccc(N2CC(C(=O)Nc3c(F)cccc3F)CC2=O)cc1. The smallest absolute Gasteiger partial charge is 0.229 e. The highest BCUT2D eigenvalue weighted by Crippen LogP contribution is 2.28. The molecule has 1 heterocycles. The molecule has 0 aliphatic carbocycles. The van der Waals surface area contributed by atoms with E-state index in [4.69, 9.17) is 0 Å². The maximum Gasteiger partial charge on any atom is 0.229 e. The van der Waals surface area contributed by atoms with Crippen molar-refractivity contribution >= 4 is 23.2 Å². The van der Waals surface area contributed by atoms with Gasteiger partial charge in [-0.15, -0.1) is 0 Å². The quantitative estimate of drug-likeness (QED) is 0.895. The van der Waals surface area contributed by atoms with Crippen molar-refractivity contribution in [3.05, 3.63) is 59.7 Å². The first kappa shape index (κ1) is 18.0. The van der Waals surface area contributed by atoms with Crippen molar-refractivity contribution in [3.63, 3.8) is 0 Å². The van der Waals surface area contributed by atoms with Gasteiger partial charge in [-0.1, -0.05) is 32.0 Å². The molecule has 0 spiro atoms. The highest BCUT2D eigenvalue weighted by atomic mass is 19.1. The third-order valence-corrected chi connectivity index (χ3v) is 4.58. The number of rotatable bonds is 4. The summed E-state index contributed by atoms with van der Waals surface area (Å²) in [4.78, 5) is 26.2. The van der Waals surface area contributed by atoms with Crippen LogP contribution in [-0.4, -0.2) is 18.4 Å². The number of benzene rings is 2. The summed E-state index contributed by atoms with van der Waals surface area (Å²) >= 11 is 0. The fourth-order valence-electron chi connectivity index (χ4n) is 3.01. The lowest BCUT2D eigenvalue weighted by Crippen LogP contribution is -2.28. The molecule has 2 amide bonds. The lowest BCUT2D eigenvalue weighted by molar-refractivity contribution is -0.122. The first-order chi connectivity index (χ1) is 12.4. The molecule has 136 valence electrons. The van der Waals surface area contributed by atoms with Gasteiger partial charge in [0.25, 0.3) is 0 Å². The number of anilines is 2. The minimum atomic E-state index is -0.844. The van der Waals surface area contributed by atoms with Gasteiger partial charge in [-0.05, 0) is 35.7 Å². The van der Waals surface area contributed by atoms with E-state index >= 15 is 0 Å². The molecule has 0 radical (unpaired) electrons. The van der Waals surface area contributed by atoms with Crippen molar-refractivity contribution in [3.8, 4) is 0 Å². The zero-order valence-corrected chi connectivity index (χ0v) is 14.6. The molecule has 6 heteroatoms. The number of carbonyl (C=O) groups excluding carboxylic acids is 2. The average Bonchev–Trinajstić information content (AvgIpc) is 3.00. The molecule has 0 bridgehead atoms. The van der Waals surface area contributed by atoms with E-state index in [0.717, 1.165) is 17.7 Å². The van der Waals surface area contributed by atoms with Gasteiger partial charge < -0.3 is 10.2 Å². The molecule has 1 fully saturated rings. The van der Waals surface area contributed by atoms with Gasteiger partial charge in [-0.2, -0.15) is 0 Å². The minimum absolute atomic E-state index is 0.00777. The van der Waals surface area contributed by atoms with Crippen molar-refractivity contribution in [1.29, 1.82) is 0 Å². The molecule has 0 saturated carbocycles. The average molecular weight is 358 g/mol. The molecule has 1 unspecified atom stereocenters. The van der Waals surface area contributed by atoms with Gasteiger partial charge in [0.2, 0.25) is 11.8 Å². The molecule has 2 aromatic rings. The Morgan fingerprint density at radius 2 is 1.73 bits per heavy atom. The molecular weight excluding hydrogens is 338 g/mol. The van der Waals surface area contributed by atoms with Crippen LogP contribution in [0, 0.1) is 17.6 Å². The van der Waals surface area contributed by atoms with E-state index in [1.54, 1.807) is 0 Å². The van der Waals surface area contributed by atoms with E-state index in [1.165, 1.54) is 11.0 Å². The van der Waals surface area contributed by atoms with Crippen LogP contribution < -0.4 is 10.2 Å². The summed E-state index contributed by atoms with van der Waals surface area (Å²) in [6.07, 6.45) is 0.00777. The van der Waals surface area contributed by atoms with Gasteiger partial charge in [0.15, 0.2) is 0 Å². The maximum absolute atomic E-state index is 13.7. The topological polar surface area (TPSA) is 49.4 Å². The van der Waals surface area contributed by atoms with Crippen LogP contribution in [0.2, 0.25) is 0 Å². The van der Waals surface area contributed by atoms with Crippen LogP contribution in [0.5, 0.6) is 0 Å². The van der Waals surface area contributed by atoms with Gasteiger partial charge in [0.05, 0.1) is 5.92 Å². The summed E-state index contributed by atoms with van der Waals surface area (Å²) in [6.45, 7) is 4.35. The molecule has 26 heavy (non-hydrogen) atoms. The fraction of sp³-hybridized carbons (Fsp3) is 0.300. The van der Waals surface area contributed by atoms with Gasteiger partial charge in [0.1, 0.15) is 17.3 Å². The van der Waals surface area contributed by atoms with Crippen LogP contribution in [0.1, 0.15) is 31.7 Å². The lowest BCUT2D eigenvalue weighted by atomic mass is 10.0. The van der Waals surface area contributed by atoms with Crippen molar-refractivity contribution in [2.75, 3.05) is 16.8 Å². The molecule has 1 aliphatic heterocycles. The van der Waals surface area contributed by atoms with Crippen LogP contribution in [0.15, 0.2) is 42.5 Å². The van der Waals surface area contributed by atoms with Gasteiger partial charge in [-0.3, -0.25) is 9.59 Å². The van der Waals surface area contributed by atoms with Gasteiger partial charge >= 0.3 is 0 Å². The Morgan fingerprint density at radius 3 is 2.31 bits per heavy atom. The Kier molecular flexibility index (Phi) is 5.02. The number of para-hydroxylation sites is 1. The monoisotopic (exact) mass is 358 g/mol. The summed E-state index contributed by atoms with van der Waals surface area (Å²) < 4.78 is 27.4. The van der Waals surface area contributed by atoms with E-state index in [-0.39, 0.29) is 18.9 Å². The number of hydrogen-bond acceptors (Lipinski definition) is 2. The predicted molar refractivity (Wildman–Crippen MR) is 96.0 cm³/mol. The second-order valence-corrected chi connectivity index (χ2v) is 6.74. The molecule has 0 aromatic heterocycles. The van der Waals surface area contributed by atoms with Crippen LogP contribution in [-0.2, 0) is 9.59 Å². The fourth-order valence-corrected chi connectivity index (χ4v) is 3.01. The summed E-state index contributed by atoms with van der Waals surface area (Å²) in [5, 5.41) is 2.27. The second-order valence-electron chi connectivity index (χ2n) is 6.74. The third-order valence-electron chi connectivity index (χ3n) is 4.58. The Labute approximate surface area is 150 Å². The van der Waals surface area contributed by atoms with Crippen LogP contribution >= 0.6 is 0 Å². The van der Waals surface area contributed by atoms with Crippen molar-refractivity contribution in [2.45, 2.75) is 26.2 Å². The molecule has 2 aromatic carbocycles. The minimum Gasteiger partial charge on any atom is -0.321 e. The summed E-state index contributed by atoms with van der Waals surface area (Å²) in [6, 6.07) is 11.0. The standard InChI is InChI=1S/C20H20F2N2O2/c1-12(2)13-6-8-15(9-7-13)24-11-14(10-18(24)25)20(26)23-19-16(21)4-3-5-17(19)22/h3-9,12,14H,10-11H2,1-2H3,(H,23,26). The highest BCUT2D eigenvalue weighted by Gasteiger charge is 2.35. The summed E-state index contributed by atoms with van der Waals surface area (Å²) in [5.41, 5.74) is 1.39. The summed E-state index contributed by atoms with van der Waals surface area (Å²) in [5.74, 6) is -2.72. The third kappa shape index (κ3) is 3.59. The first-order valence-electron chi connectivity index (χ1n) is 8.52. The van der Waals surface area contributed by atoms with E-state index < -0.39 is 29.1 Å². The Morgan fingerprint density at radius 1 is 1.12 bits per heavy atom. The van der Waals surface area contributed by atoms with Crippen LogP contribution in [0.3, 0.4) is 0 Å².